The van der Waals surface area contributed by atoms with E-state index in [-0.39, 0.29) is 18.3 Å². The summed E-state index contributed by atoms with van der Waals surface area (Å²) in [7, 11) is 0. The molecule has 0 aliphatic heterocycles. The average Bonchev–Trinajstić information content (AvgIpc) is 3.37. The van der Waals surface area contributed by atoms with Crippen molar-refractivity contribution in [2.45, 2.75) is 27.1 Å². The lowest BCUT2D eigenvalue weighted by atomic mass is 10.2. The van der Waals surface area contributed by atoms with Crippen molar-refractivity contribution in [3.8, 4) is 5.75 Å². The Morgan fingerprint density at radius 1 is 1.03 bits per heavy atom. The lowest BCUT2D eigenvalue weighted by molar-refractivity contribution is 0.101. The van der Waals surface area contributed by atoms with E-state index in [4.69, 9.17) is 27.9 Å². The zero-order valence-electron chi connectivity index (χ0n) is 17.5. The molecule has 2 aromatic heterocycles. The van der Waals surface area contributed by atoms with Crippen molar-refractivity contribution in [1.29, 1.82) is 0 Å². The zero-order chi connectivity index (χ0) is 22.7. The number of halogens is 2. The number of ether oxygens (including phenoxy) is 1. The summed E-state index contributed by atoms with van der Waals surface area (Å²) in [6, 6.07) is 16.4. The van der Waals surface area contributed by atoms with Gasteiger partial charge in [0.15, 0.2) is 18.2 Å². The molecule has 0 aliphatic carbocycles. The van der Waals surface area contributed by atoms with E-state index in [2.05, 4.69) is 15.5 Å². The van der Waals surface area contributed by atoms with Gasteiger partial charge in [0.05, 0.1) is 6.54 Å². The Morgan fingerprint density at radius 2 is 1.84 bits per heavy atom. The number of nitrogens with one attached hydrogen (secondary N) is 1. The molecule has 0 radical (unpaired) electrons. The van der Waals surface area contributed by atoms with Crippen molar-refractivity contribution < 1.29 is 9.53 Å². The number of hydrogen-bond donors (Lipinski definition) is 1. The minimum Gasteiger partial charge on any atom is -0.471 e. The number of aryl methyl sites for hydroxylation is 2. The maximum atomic E-state index is 12.6. The van der Waals surface area contributed by atoms with E-state index < -0.39 is 0 Å². The number of anilines is 1. The van der Waals surface area contributed by atoms with Crippen LogP contribution in [0.1, 0.15) is 27.3 Å². The number of benzene rings is 2. The number of rotatable bonds is 7. The summed E-state index contributed by atoms with van der Waals surface area (Å²) in [5, 5.41) is 12.9. The van der Waals surface area contributed by atoms with Crippen molar-refractivity contribution >= 4 is 34.9 Å². The van der Waals surface area contributed by atoms with E-state index in [1.54, 1.807) is 39.8 Å². The number of aromatic nitrogens is 4. The van der Waals surface area contributed by atoms with Crippen LogP contribution in [0.3, 0.4) is 0 Å². The molecule has 2 aromatic carbocycles. The molecule has 0 atom stereocenters. The number of amides is 1. The molecule has 0 spiro atoms. The first-order valence-corrected chi connectivity index (χ1v) is 10.7. The number of nitrogens with zero attached hydrogens (tertiary/aromatic N) is 4. The van der Waals surface area contributed by atoms with Gasteiger partial charge in [-0.2, -0.15) is 10.2 Å². The molecule has 164 valence electrons. The van der Waals surface area contributed by atoms with E-state index >= 15 is 0 Å². The van der Waals surface area contributed by atoms with Gasteiger partial charge in [0.2, 0.25) is 0 Å². The van der Waals surface area contributed by atoms with E-state index in [1.807, 2.05) is 44.2 Å². The predicted octanol–water partition coefficient (Wildman–Crippen LogP) is 5.34. The van der Waals surface area contributed by atoms with Crippen molar-refractivity contribution in [3.63, 3.8) is 0 Å². The molecule has 2 heterocycles. The molecule has 0 bridgehead atoms. The quantitative estimate of drug-likeness (QED) is 0.396. The second kappa shape index (κ2) is 9.46. The molecule has 4 aromatic rings. The maximum Gasteiger partial charge on any atom is 0.277 e. The van der Waals surface area contributed by atoms with Crippen LogP contribution in [-0.4, -0.2) is 25.5 Å². The Balaban J connectivity index is 1.38. The molecule has 32 heavy (non-hydrogen) atoms. The highest BCUT2D eigenvalue weighted by Crippen LogP contribution is 2.21. The molecule has 9 heteroatoms. The van der Waals surface area contributed by atoms with Gasteiger partial charge in [0.25, 0.3) is 5.91 Å². The summed E-state index contributed by atoms with van der Waals surface area (Å²) in [6.07, 6.45) is 1.68. The van der Waals surface area contributed by atoms with Gasteiger partial charge in [0.1, 0.15) is 5.75 Å². The number of hydrogen-bond acceptors (Lipinski definition) is 4. The fourth-order valence-corrected chi connectivity index (χ4v) is 3.41. The molecule has 1 amide bonds. The number of carbonyl (C=O) groups is 1. The first kappa shape index (κ1) is 21.9. The van der Waals surface area contributed by atoms with Crippen molar-refractivity contribution in [2.24, 2.45) is 0 Å². The Morgan fingerprint density at radius 3 is 2.62 bits per heavy atom. The van der Waals surface area contributed by atoms with Crippen LogP contribution in [0, 0.1) is 13.8 Å². The second-order valence-corrected chi connectivity index (χ2v) is 8.11. The first-order valence-electron chi connectivity index (χ1n) is 9.90. The highest BCUT2D eigenvalue weighted by Gasteiger charge is 2.14. The normalized spacial score (nSPS) is 10.9. The lowest BCUT2D eigenvalue weighted by Crippen LogP contribution is -2.15. The Kier molecular flexibility index (Phi) is 6.48. The van der Waals surface area contributed by atoms with Crippen molar-refractivity contribution in [2.75, 3.05) is 5.32 Å². The van der Waals surface area contributed by atoms with E-state index in [1.165, 1.54) is 0 Å². The van der Waals surface area contributed by atoms with Gasteiger partial charge in [-0.1, -0.05) is 41.4 Å². The van der Waals surface area contributed by atoms with Gasteiger partial charge in [-0.05, 0) is 55.3 Å². The minimum absolute atomic E-state index is 0.167. The molecule has 7 nitrogen and oxygen atoms in total. The summed E-state index contributed by atoms with van der Waals surface area (Å²) < 4.78 is 9.04. The Hall–Kier alpha value is -3.29. The molecule has 1 N–H and O–H groups in total. The largest absolute Gasteiger partial charge is 0.471 e. The zero-order valence-corrected chi connectivity index (χ0v) is 19.1. The summed E-state index contributed by atoms with van der Waals surface area (Å²) in [4.78, 5) is 12.6. The summed E-state index contributed by atoms with van der Waals surface area (Å²) in [6.45, 7) is 4.50. The van der Waals surface area contributed by atoms with Gasteiger partial charge in [0, 0.05) is 28.0 Å². The maximum absolute atomic E-state index is 12.6. The van der Waals surface area contributed by atoms with E-state index in [0.29, 0.717) is 28.2 Å². The van der Waals surface area contributed by atoms with Crippen LogP contribution >= 0.6 is 23.2 Å². The molecular weight excluding hydrogens is 449 g/mol. The minimum atomic E-state index is -0.353. The average molecular weight is 470 g/mol. The topological polar surface area (TPSA) is 74.0 Å². The molecule has 0 saturated heterocycles. The molecule has 0 fully saturated rings. The van der Waals surface area contributed by atoms with Crippen LogP contribution in [0.25, 0.3) is 0 Å². The highest BCUT2D eigenvalue weighted by atomic mass is 35.5. The van der Waals surface area contributed by atoms with Crippen LogP contribution in [0.4, 0.5) is 5.82 Å². The molecular formula is C23H21Cl2N5O2. The predicted molar refractivity (Wildman–Crippen MR) is 125 cm³/mol. The first-order chi connectivity index (χ1) is 15.4. The third kappa shape index (κ3) is 5.12. The summed E-state index contributed by atoms with van der Waals surface area (Å²) in [5.74, 6) is 0.767. The Bertz CT molecular complexity index is 1270. The van der Waals surface area contributed by atoms with Crippen molar-refractivity contribution in [1.82, 2.24) is 19.6 Å². The standard InChI is InChI=1S/C23H21Cl2N5O2/c1-15-11-18(7-8-19(15)24)32-14-29-10-9-21(27-29)23(31)26-22-12-16(2)30(28-22)13-17-5-3-4-6-20(17)25/h3-12H,13-14H2,1-2H3,(H,26,28,31). The van der Waals surface area contributed by atoms with Gasteiger partial charge >= 0.3 is 0 Å². The lowest BCUT2D eigenvalue weighted by Gasteiger charge is -2.07. The van der Waals surface area contributed by atoms with Crippen LogP contribution in [0.2, 0.25) is 10.0 Å². The van der Waals surface area contributed by atoms with Crippen LogP contribution in [0.5, 0.6) is 5.75 Å². The van der Waals surface area contributed by atoms with Crippen LogP contribution < -0.4 is 10.1 Å². The van der Waals surface area contributed by atoms with Gasteiger partial charge in [-0.15, -0.1) is 0 Å². The van der Waals surface area contributed by atoms with Gasteiger partial charge in [-0.3, -0.25) is 9.48 Å². The van der Waals surface area contributed by atoms with Gasteiger partial charge < -0.3 is 10.1 Å². The third-order valence-electron chi connectivity index (χ3n) is 4.87. The third-order valence-corrected chi connectivity index (χ3v) is 5.66. The fraction of sp³-hybridized carbons (Fsp3) is 0.174. The monoisotopic (exact) mass is 469 g/mol. The second-order valence-electron chi connectivity index (χ2n) is 7.30. The summed E-state index contributed by atoms with van der Waals surface area (Å²) >= 11 is 12.3. The fourth-order valence-electron chi connectivity index (χ4n) is 3.10. The summed E-state index contributed by atoms with van der Waals surface area (Å²) in [5.41, 5.74) is 3.04. The number of carbonyl (C=O) groups excluding carboxylic acids is 1. The molecule has 4 rings (SSSR count). The highest BCUT2D eigenvalue weighted by molar-refractivity contribution is 6.31. The van der Waals surface area contributed by atoms with Crippen LogP contribution in [0.15, 0.2) is 60.8 Å². The van der Waals surface area contributed by atoms with Crippen LogP contribution in [-0.2, 0) is 13.3 Å². The molecule has 0 aliphatic rings. The SMILES string of the molecule is Cc1cc(OCn2ccc(C(=O)Nc3cc(C)n(Cc4ccccc4Cl)n3)n2)ccc1Cl. The van der Waals surface area contributed by atoms with E-state index in [9.17, 15) is 4.79 Å². The smallest absolute Gasteiger partial charge is 0.277 e. The Labute approximate surface area is 195 Å². The van der Waals surface area contributed by atoms with Crippen molar-refractivity contribution in [3.05, 3.63) is 93.4 Å². The molecule has 0 unspecified atom stereocenters. The molecule has 0 saturated carbocycles. The van der Waals surface area contributed by atoms with Gasteiger partial charge in [-0.25, -0.2) is 4.68 Å². The van der Waals surface area contributed by atoms with E-state index in [0.717, 1.165) is 16.8 Å².